The fourth-order valence-corrected chi connectivity index (χ4v) is 2.56. The van der Waals surface area contributed by atoms with Crippen LogP contribution in [0, 0.1) is 11.8 Å². The van der Waals surface area contributed by atoms with E-state index in [9.17, 15) is 0 Å². The van der Waals surface area contributed by atoms with E-state index in [1.165, 1.54) is 45.3 Å². The van der Waals surface area contributed by atoms with Crippen molar-refractivity contribution in [1.82, 2.24) is 4.90 Å². The van der Waals surface area contributed by atoms with Crippen molar-refractivity contribution in [3.05, 3.63) is 0 Å². The van der Waals surface area contributed by atoms with Gasteiger partial charge < -0.3 is 4.90 Å². The van der Waals surface area contributed by atoms with Gasteiger partial charge in [0.1, 0.15) is 0 Å². The number of likely N-dealkylation sites (tertiary alicyclic amines) is 1. The minimum atomic E-state index is 0.799. The van der Waals surface area contributed by atoms with Gasteiger partial charge in [0.25, 0.3) is 0 Å². The number of rotatable bonds is 6. The normalized spacial score (nSPS) is 25.5. The Morgan fingerprint density at radius 1 is 1.43 bits per heavy atom. The van der Waals surface area contributed by atoms with Gasteiger partial charge in [-0.25, -0.2) is 0 Å². The van der Waals surface area contributed by atoms with Crippen molar-refractivity contribution in [3.63, 3.8) is 0 Å². The average molecular weight is 218 g/mol. The Kier molecular flexibility index (Phi) is 5.88. The third-order valence-corrected chi connectivity index (χ3v) is 3.71. The van der Waals surface area contributed by atoms with E-state index in [0.29, 0.717) is 0 Å². The zero-order valence-corrected chi connectivity index (χ0v) is 10.4. The van der Waals surface area contributed by atoms with Gasteiger partial charge in [-0.3, -0.25) is 0 Å². The van der Waals surface area contributed by atoms with Crippen molar-refractivity contribution in [2.24, 2.45) is 11.8 Å². The van der Waals surface area contributed by atoms with Crippen molar-refractivity contribution in [2.75, 3.05) is 25.5 Å². The summed E-state index contributed by atoms with van der Waals surface area (Å²) in [6, 6.07) is 0. The molecule has 0 aliphatic carbocycles. The van der Waals surface area contributed by atoms with Crippen LogP contribution in [0.1, 0.15) is 39.5 Å². The summed E-state index contributed by atoms with van der Waals surface area (Å²) in [6.45, 7) is 8.57. The van der Waals surface area contributed by atoms with Crippen molar-refractivity contribution < 1.29 is 0 Å². The second kappa shape index (κ2) is 6.68. The second-order valence-electron chi connectivity index (χ2n) is 4.74. The number of halogens is 1. The minimum absolute atomic E-state index is 0.799. The molecule has 0 aromatic heterocycles. The Bertz CT molecular complexity index is 149. The Morgan fingerprint density at radius 2 is 2.21 bits per heavy atom. The highest BCUT2D eigenvalue weighted by Crippen LogP contribution is 2.20. The summed E-state index contributed by atoms with van der Waals surface area (Å²) in [5.41, 5.74) is 0. The standard InChI is InChI=1S/C12H24ClN/c1-3-12-6-9-14(10-12)8-5-11(2)4-7-13/h11-12H,3-10H2,1-2H3. The van der Waals surface area contributed by atoms with Crippen LogP contribution in [-0.2, 0) is 0 Å². The van der Waals surface area contributed by atoms with Crippen LogP contribution in [-0.4, -0.2) is 30.4 Å². The summed E-state index contributed by atoms with van der Waals surface area (Å²) in [6.07, 6.45) is 5.27. The third kappa shape index (κ3) is 4.18. The van der Waals surface area contributed by atoms with Crippen LogP contribution in [0.2, 0.25) is 0 Å². The lowest BCUT2D eigenvalue weighted by molar-refractivity contribution is 0.294. The molecule has 1 aliphatic heterocycles. The van der Waals surface area contributed by atoms with E-state index in [4.69, 9.17) is 11.6 Å². The molecule has 0 aromatic rings. The van der Waals surface area contributed by atoms with Crippen LogP contribution < -0.4 is 0 Å². The number of nitrogens with zero attached hydrogens (tertiary/aromatic N) is 1. The van der Waals surface area contributed by atoms with Crippen molar-refractivity contribution in [3.8, 4) is 0 Å². The van der Waals surface area contributed by atoms with E-state index in [2.05, 4.69) is 18.7 Å². The van der Waals surface area contributed by atoms with Crippen molar-refractivity contribution in [2.45, 2.75) is 39.5 Å². The molecule has 84 valence electrons. The van der Waals surface area contributed by atoms with Crippen LogP contribution in [0.4, 0.5) is 0 Å². The minimum Gasteiger partial charge on any atom is -0.303 e. The van der Waals surface area contributed by atoms with Crippen LogP contribution in [0.5, 0.6) is 0 Å². The SMILES string of the molecule is CCC1CCN(CCC(C)CCCl)C1. The molecule has 0 aromatic carbocycles. The first-order valence-corrected chi connectivity index (χ1v) is 6.58. The van der Waals surface area contributed by atoms with Gasteiger partial charge in [0.2, 0.25) is 0 Å². The Hall–Kier alpha value is 0.250. The lowest BCUT2D eigenvalue weighted by Crippen LogP contribution is -2.23. The molecule has 1 saturated heterocycles. The highest BCUT2D eigenvalue weighted by atomic mass is 35.5. The molecule has 14 heavy (non-hydrogen) atoms. The van der Waals surface area contributed by atoms with Gasteiger partial charge in [-0.2, -0.15) is 0 Å². The van der Waals surface area contributed by atoms with Gasteiger partial charge in [-0.15, -0.1) is 11.6 Å². The van der Waals surface area contributed by atoms with Crippen LogP contribution in [0.15, 0.2) is 0 Å². The van der Waals surface area contributed by atoms with E-state index >= 15 is 0 Å². The quantitative estimate of drug-likeness (QED) is 0.617. The van der Waals surface area contributed by atoms with Crippen molar-refractivity contribution >= 4 is 11.6 Å². The maximum Gasteiger partial charge on any atom is 0.0225 e. The third-order valence-electron chi connectivity index (χ3n) is 3.49. The Labute approximate surface area is 93.8 Å². The molecule has 1 rings (SSSR count). The molecular formula is C12H24ClN. The Balaban J connectivity index is 2.07. The second-order valence-corrected chi connectivity index (χ2v) is 5.11. The molecule has 0 saturated carbocycles. The lowest BCUT2D eigenvalue weighted by atomic mass is 10.0. The average Bonchev–Trinajstić information content (AvgIpc) is 2.63. The smallest absolute Gasteiger partial charge is 0.0225 e. The number of alkyl halides is 1. The molecule has 1 nitrogen and oxygen atoms in total. The lowest BCUT2D eigenvalue weighted by Gasteiger charge is -2.18. The van der Waals surface area contributed by atoms with Crippen molar-refractivity contribution in [1.29, 1.82) is 0 Å². The molecular weight excluding hydrogens is 194 g/mol. The molecule has 0 bridgehead atoms. The monoisotopic (exact) mass is 217 g/mol. The van der Waals surface area contributed by atoms with E-state index in [1.807, 2.05) is 0 Å². The summed E-state index contributed by atoms with van der Waals surface area (Å²) >= 11 is 5.72. The molecule has 1 aliphatic rings. The van der Waals surface area contributed by atoms with E-state index in [0.717, 1.165) is 17.7 Å². The summed E-state index contributed by atoms with van der Waals surface area (Å²) in [5.74, 6) is 2.59. The van der Waals surface area contributed by atoms with Gasteiger partial charge in [0, 0.05) is 12.4 Å². The number of hydrogen-bond acceptors (Lipinski definition) is 1. The molecule has 2 heteroatoms. The van der Waals surface area contributed by atoms with Crippen LogP contribution in [0.25, 0.3) is 0 Å². The predicted molar refractivity (Wildman–Crippen MR) is 64.0 cm³/mol. The molecule has 2 unspecified atom stereocenters. The highest BCUT2D eigenvalue weighted by molar-refractivity contribution is 6.17. The first kappa shape index (κ1) is 12.3. The van der Waals surface area contributed by atoms with Gasteiger partial charge in [-0.05, 0) is 44.2 Å². The summed E-state index contributed by atoms with van der Waals surface area (Å²) in [7, 11) is 0. The first-order chi connectivity index (χ1) is 6.76. The zero-order valence-electron chi connectivity index (χ0n) is 9.64. The van der Waals surface area contributed by atoms with Crippen LogP contribution >= 0.6 is 11.6 Å². The maximum absolute atomic E-state index is 5.72. The molecule has 0 radical (unpaired) electrons. The van der Waals surface area contributed by atoms with E-state index in [1.54, 1.807) is 0 Å². The first-order valence-electron chi connectivity index (χ1n) is 6.04. The van der Waals surface area contributed by atoms with E-state index < -0.39 is 0 Å². The summed E-state index contributed by atoms with van der Waals surface area (Å²) < 4.78 is 0. The molecule has 0 spiro atoms. The maximum atomic E-state index is 5.72. The molecule has 2 atom stereocenters. The predicted octanol–water partition coefficient (Wildman–Crippen LogP) is 3.37. The van der Waals surface area contributed by atoms with Gasteiger partial charge in [0.15, 0.2) is 0 Å². The van der Waals surface area contributed by atoms with E-state index in [-0.39, 0.29) is 0 Å². The molecule has 0 N–H and O–H groups in total. The number of hydrogen-bond donors (Lipinski definition) is 0. The largest absolute Gasteiger partial charge is 0.303 e. The highest BCUT2D eigenvalue weighted by Gasteiger charge is 2.20. The fraction of sp³-hybridized carbons (Fsp3) is 1.00. The zero-order chi connectivity index (χ0) is 10.4. The Morgan fingerprint density at radius 3 is 2.79 bits per heavy atom. The van der Waals surface area contributed by atoms with Crippen LogP contribution in [0.3, 0.4) is 0 Å². The fourth-order valence-electron chi connectivity index (χ4n) is 2.18. The molecule has 1 heterocycles. The molecule has 0 amide bonds. The topological polar surface area (TPSA) is 3.24 Å². The molecule has 1 fully saturated rings. The van der Waals surface area contributed by atoms with Gasteiger partial charge in [-0.1, -0.05) is 20.3 Å². The van der Waals surface area contributed by atoms with Gasteiger partial charge >= 0.3 is 0 Å². The summed E-state index contributed by atoms with van der Waals surface area (Å²) in [4.78, 5) is 2.62. The van der Waals surface area contributed by atoms with Gasteiger partial charge in [0.05, 0.1) is 0 Å². The summed E-state index contributed by atoms with van der Waals surface area (Å²) in [5, 5.41) is 0.